The number of ether oxygens (including phenoxy) is 2. The molecule has 0 atom stereocenters. The Morgan fingerprint density at radius 1 is 1.07 bits per heavy atom. The molecule has 0 aliphatic carbocycles. The van der Waals surface area contributed by atoms with Gasteiger partial charge in [0.1, 0.15) is 15.5 Å². The lowest BCUT2D eigenvalue weighted by Crippen LogP contribution is -2.23. The number of thiophene rings is 1. The number of amides is 1. The smallest absolute Gasteiger partial charge is 0.349 e. The number of benzene rings is 1. The quantitative estimate of drug-likeness (QED) is 0.765. The summed E-state index contributed by atoms with van der Waals surface area (Å²) >= 11 is 1.00. The number of rotatable bonds is 5. The van der Waals surface area contributed by atoms with Crippen molar-refractivity contribution in [2.24, 2.45) is 0 Å². The van der Waals surface area contributed by atoms with Crippen LogP contribution in [0.3, 0.4) is 0 Å². The van der Waals surface area contributed by atoms with Crippen LogP contribution in [0.4, 0.5) is 5.00 Å². The molecule has 1 aromatic carbocycles. The minimum Gasteiger partial charge on any atom is -0.462 e. The summed E-state index contributed by atoms with van der Waals surface area (Å²) in [6.45, 7) is 8.80. The summed E-state index contributed by atoms with van der Waals surface area (Å²) in [6, 6.07) is 8.61. The van der Waals surface area contributed by atoms with Crippen molar-refractivity contribution in [1.82, 2.24) is 0 Å². The molecule has 1 N–H and O–H groups in total. The molecule has 144 valence electrons. The Morgan fingerprint density at radius 3 is 2.26 bits per heavy atom. The van der Waals surface area contributed by atoms with Gasteiger partial charge >= 0.3 is 11.9 Å². The van der Waals surface area contributed by atoms with Crippen molar-refractivity contribution in [2.75, 3.05) is 11.9 Å². The van der Waals surface area contributed by atoms with E-state index in [1.165, 1.54) is 0 Å². The molecule has 0 saturated heterocycles. The maximum atomic E-state index is 12.5. The predicted molar refractivity (Wildman–Crippen MR) is 105 cm³/mol. The Bertz CT molecular complexity index is 849. The van der Waals surface area contributed by atoms with Crippen molar-refractivity contribution in [3.63, 3.8) is 0 Å². The van der Waals surface area contributed by atoms with Crippen molar-refractivity contribution < 1.29 is 23.9 Å². The molecule has 0 aliphatic heterocycles. The number of carbonyl (C=O) groups is 3. The van der Waals surface area contributed by atoms with Gasteiger partial charge in [-0.15, -0.1) is 11.3 Å². The van der Waals surface area contributed by atoms with E-state index in [0.717, 1.165) is 11.3 Å². The minimum absolute atomic E-state index is 0.173. The fourth-order valence-corrected chi connectivity index (χ4v) is 3.40. The highest BCUT2D eigenvalue weighted by molar-refractivity contribution is 7.18. The fourth-order valence-electron chi connectivity index (χ4n) is 2.33. The Kier molecular flexibility index (Phi) is 6.38. The van der Waals surface area contributed by atoms with E-state index in [4.69, 9.17) is 9.47 Å². The van der Waals surface area contributed by atoms with Crippen LogP contribution >= 0.6 is 11.3 Å². The van der Waals surface area contributed by atoms with Crippen molar-refractivity contribution >= 4 is 34.2 Å². The predicted octanol–water partition coefficient (Wildman–Crippen LogP) is 4.44. The zero-order valence-corrected chi connectivity index (χ0v) is 16.9. The number of hydrogen-bond acceptors (Lipinski definition) is 6. The van der Waals surface area contributed by atoms with Crippen LogP contribution in [0.1, 0.15) is 63.6 Å². The van der Waals surface area contributed by atoms with Crippen LogP contribution in [0.25, 0.3) is 0 Å². The van der Waals surface area contributed by atoms with E-state index in [1.807, 2.05) is 0 Å². The second-order valence-corrected chi connectivity index (χ2v) is 7.82. The van der Waals surface area contributed by atoms with E-state index < -0.39 is 17.5 Å². The third kappa shape index (κ3) is 5.17. The third-order valence-corrected chi connectivity index (χ3v) is 4.66. The molecule has 1 aromatic heterocycles. The van der Waals surface area contributed by atoms with Crippen LogP contribution < -0.4 is 5.32 Å². The molecule has 1 amide bonds. The molecule has 27 heavy (non-hydrogen) atoms. The van der Waals surface area contributed by atoms with E-state index in [2.05, 4.69) is 5.32 Å². The highest BCUT2D eigenvalue weighted by Crippen LogP contribution is 2.35. The van der Waals surface area contributed by atoms with Crippen LogP contribution in [0, 0.1) is 6.92 Å². The second kappa shape index (κ2) is 8.35. The lowest BCUT2D eigenvalue weighted by atomic mass is 10.1. The van der Waals surface area contributed by atoms with Gasteiger partial charge in [-0.1, -0.05) is 18.2 Å². The highest BCUT2D eigenvalue weighted by atomic mass is 32.1. The molecule has 0 unspecified atom stereocenters. The summed E-state index contributed by atoms with van der Waals surface area (Å²) in [4.78, 5) is 37.7. The van der Waals surface area contributed by atoms with Crippen LogP contribution in [0.2, 0.25) is 0 Å². The lowest BCUT2D eigenvalue weighted by Gasteiger charge is -2.19. The van der Waals surface area contributed by atoms with Gasteiger partial charge in [0, 0.05) is 5.56 Å². The Labute approximate surface area is 162 Å². The maximum absolute atomic E-state index is 12.5. The fraction of sp³-hybridized carbons (Fsp3) is 0.350. The molecule has 0 spiro atoms. The van der Waals surface area contributed by atoms with Gasteiger partial charge in [0.25, 0.3) is 5.91 Å². The molecule has 2 rings (SSSR count). The van der Waals surface area contributed by atoms with E-state index in [-0.39, 0.29) is 28.0 Å². The number of carbonyl (C=O) groups excluding carboxylic acids is 3. The summed E-state index contributed by atoms with van der Waals surface area (Å²) in [5, 5.41) is 2.98. The normalized spacial score (nSPS) is 11.0. The first-order chi connectivity index (χ1) is 12.6. The molecule has 6 nitrogen and oxygen atoms in total. The van der Waals surface area contributed by atoms with Gasteiger partial charge in [0.2, 0.25) is 0 Å². The Hall–Kier alpha value is -2.67. The largest absolute Gasteiger partial charge is 0.462 e. The van der Waals surface area contributed by atoms with Crippen LogP contribution in [-0.4, -0.2) is 30.1 Å². The lowest BCUT2D eigenvalue weighted by molar-refractivity contribution is 0.00744. The molecule has 1 heterocycles. The van der Waals surface area contributed by atoms with Crippen molar-refractivity contribution in [3.8, 4) is 0 Å². The molecule has 7 heteroatoms. The molecule has 2 aromatic rings. The molecule has 0 radical (unpaired) electrons. The first-order valence-corrected chi connectivity index (χ1v) is 9.36. The highest BCUT2D eigenvalue weighted by Gasteiger charge is 2.29. The monoisotopic (exact) mass is 389 g/mol. The van der Waals surface area contributed by atoms with Crippen molar-refractivity contribution in [1.29, 1.82) is 0 Å². The number of hydrogen-bond donors (Lipinski definition) is 1. The zero-order valence-electron chi connectivity index (χ0n) is 16.0. The number of anilines is 1. The molecule has 0 bridgehead atoms. The molecule has 0 saturated carbocycles. The number of nitrogens with one attached hydrogen (secondary N) is 1. The maximum Gasteiger partial charge on any atom is 0.349 e. The molecule has 0 fully saturated rings. The van der Waals surface area contributed by atoms with E-state index in [9.17, 15) is 14.4 Å². The summed E-state index contributed by atoms with van der Waals surface area (Å²) in [5.74, 6) is -1.52. The molecular weight excluding hydrogens is 366 g/mol. The van der Waals surface area contributed by atoms with E-state index in [0.29, 0.717) is 11.1 Å². The zero-order chi connectivity index (χ0) is 20.2. The molecular formula is C20H23NO5S. The Balaban J connectivity index is 2.42. The topological polar surface area (TPSA) is 81.7 Å². The standard InChI is InChI=1S/C20H23NO5S/c1-6-25-18(23)14-12(2)15(19(24)26-20(3,4)5)27-17(14)21-16(22)13-10-8-7-9-11-13/h7-11H,6H2,1-5H3,(H,21,22). The average molecular weight is 389 g/mol. The third-order valence-electron chi connectivity index (χ3n) is 3.47. The first kappa shape index (κ1) is 20.6. The average Bonchev–Trinajstić information content (AvgIpc) is 2.90. The van der Waals surface area contributed by atoms with Gasteiger partial charge < -0.3 is 14.8 Å². The Morgan fingerprint density at radius 2 is 1.70 bits per heavy atom. The van der Waals surface area contributed by atoms with E-state index >= 15 is 0 Å². The summed E-state index contributed by atoms with van der Waals surface area (Å²) < 4.78 is 10.5. The van der Waals surface area contributed by atoms with Crippen molar-refractivity contribution in [2.45, 2.75) is 40.2 Å². The van der Waals surface area contributed by atoms with Gasteiger partial charge in [-0.25, -0.2) is 9.59 Å². The van der Waals surface area contributed by atoms with E-state index in [1.54, 1.807) is 65.0 Å². The number of esters is 2. The minimum atomic E-state index is -0.676. The van der Waals surface area contributed by atoms with Gasteiger partial charge in [0.15, 0.2) is 0 Å². The summed E-state index contributed by atoms with van der Waals surface area (Å²) in [5.41, 5.74) is 0.366. The summed E-state index contributed by atoms with van der Waals surface area (Å²) in [7, 11) is 0. The summed E-state index contributed by atoms with van der Waals surface area (Å²) in [6.07, 6.45) is 0. The molecule has 0 aliphatic rings. The first-order valence-electron chi connectivity index (χ1n) is 8.54. The van der Waals surface area contributed by atoms with Crippen LogP contribution in [-0.2, 0) is 9.47 Å². The second-order valence-electron chi connectivity index (χ2n) is 6.80. The van der Waals surface area contributed by atoms with Gasteiger partial charge in [0.05, 0.1) is 12.2 Å². The van der Waals surface area contributed by atoms with Crippen LogP contribution in [0.15, 0.2) is 30.3 Å². The van der Waals surface area contributed by atoms with Gasteiger partial charge in [-0.2, -0.15) is 0 Å². The van der Waals surface area contributed by atoms with Crippen molar-refractivity contribution in [3.05, 3.63) is 51.9 Å². The SMILES string of the molecule is CCOC(=O)c1c(NC(=O)c2ccccc2)sc(C(=O)OC(C)(C)C)c1C. The van der Waals surface area contributed by atoms with Gasteiger partial charge in [-0.3, -0.25) is 4.79 Å². The van der Waals surface area contributed by atoms with Crippen LogP contribution in [0.5, 0.6) is 0 Å². The van der Waals surface area contributed by atoms with Gasteiger partial charge in [-0.05, 0) is 52.3 Å².